The molecule has 176 valence electrons. The van der Waals surface area contributed by atoms with Crippen molar-refractivity contribution >= 4 is 24.2 Å². The molecule has 2 amide bonds. The van der Waals surface area contributed by atoms with Crippen LogP contribution in [0.1, 0.15) is 37.5 Å². The molecule has 2 aromatic rings. The minimum Gasteiger partial charge on any atom is -0.496 e. The van der Waals surface area contributed by atoms with Gasteiger partial charge in [0, 0.05) is 12.1 Å². The summed E-state index contributed by atoms with van der Waals surface area (Å²) in [4.78, 5) is 35.6. The van der Waals surface area contributed by atoms with E-state index in [2.05, 4.69) is 10.6 Å². The molecule has 3 N–H and O–H groups in total. The van der Waals surface area contributed by atoms with E-state index in [4.69, 9.17) is 14.2 Å². The van der Waals surface area contributed by atoms with Crippen LogP contribution in [-0.4, -0.2) is 36.0 Å². The Morgan fingerprint density at radius 1 is 1.03 bits per heavy atom. The number of carboxylic acids is 1. The van der Waals surface area contributed by atoms with Gasteiger partial charge in [-0.15, -0.1) is 0 Å². The molecule has 2 rings (SSSR count). The van der Waals surface area contributed by atoms with Crippen LogP contribution in [0.3, 0.4) is 0 Å². The van der Waals surface area contributed by atoms with Gasteiger partial charge in [0.15, 0.2) is 0 Å². The van der Waals surface area contributed by atoms with Crippen molar-refractivity contribution in [3.05, 3.63) is 70.9 Å². The maximum atomic E-state index is 12.1. The third-order valence-corrected chi connectivity index (χ3v) is 4.12. The Bertz CT molecular complexity index is 1010. The van der Waals surface area contributed by atoms with E-state index in [1.807, 2.05) is 6.07 Å². The highest BCUT2D eigenvalue weighted by Gasteiger charge is 2.17. The zero-order valence-corrected chi connectivity index (χ0v) is 19.0. The van der Waals surface area contributed by atoms with Crippen LogP contribution in [-0.2, 0) is 27.4 Å². The minimum absolute atomic E-state index is 0.00257. The molecule has 0 atom stereocenters. The summed E-state index contributed by atoms with van der Waals surface area (Å²) in [5.74, 6) is -0.841. The first-order chi connectivity index (χ1) is 15.6. The highest BCUT2D eigenvalue weighted by molar-refractivity contribution is 5.95. The largest absolute Gasteiger partial charge is 0.496 e. The quantitative estimate of drug-likeness (QED) is 0.512. The van der Waals surface area contributed by atoms with Crippen molar-refractivity contribution in [2.45, 2.75) is 39.5 Å². The molecule has 9 heteroatoms. The van der Waals surface area contributed by atoms with E-state index in [-0.39, 0.29) is 18.8 Å². The third kappa shape index (κ3) is 8.94. The number of ether oxygens (including phenoxy) is 3. The summed E-state index contributed by atoms with van der Waals surface area (Å²) in [6.45, 7) is 5.36. The molecule has 0 saturated heterocycles. The number of carbonyl (C=O) groups excluding carboxylic acids is 2. The van der Waals surface area contributed by atoms with Crippen LogP contribution in [0.15, 0.2) is 54.2 Å². The second-order valence-corrected chi connectivity index (χ2v) is 7.98. The molecule has 0 unspecified atom stereocenters. The van der Waals surface area contributed by atoms with Crippen LogP contribution in [0.25, 0.3) is 6.08 Å². The maximum Gasteiger partial charge on any atom is 0.412 e. The van der Waals surface area contributed by atoms with Crippen LogP contribution in [0.4, 0.5) is 9.59 Å². The molecular weight excluding hydrogens is 428 g/mol. The van der Waals surface area contributed by atoms with E-state index in [0.29, 0.717) is 16.9 Å². The Hall–Kier alpha value is -4.01. The fourth-order valence-corrected chi connectivity index (χ4v) is 2.70. The van der Waals surface area contributed by atoms with E-state index in [1.165, 1.54) is 13.2 Å². The Balaban J connectivity index is 2.10. The van der Waals surface area contributed by atoms with Crippen molar-refractivity contribution in [1.29, 1.82) is 0 Å². The van der Waals surface area contributed by atoms with E-state index in [1.54, 1.807) is 63.2 Å². The van der Waals surface area contributed by atoms with Gasteiger partial charge in [0.25, 0.3) is 0 Å². The van der Waals surface area contributed by atoms with Crippen molar-refractivity contribution in [2.75, 3.05) is 7.11 Å². The van der Waals surface area contributed by atoms with Gasteiger partial charge in [-0.2, -0.15) is 0 Å². The number of amides is 2. The van der Waals surface area contributed by atoms with Gasteiger partial charge in [0.2, 0.25) is 0 Å². The number of benzene rings is 2. The molecule has 0 aliphatic rings. The molecule has 0 heterocycles. The number of methoxy groups -OCH3 is 1. The molecule has 0 radical (unpaired) electrons. The van der Waals surface area contributed by atoms with Gasteiger partial charge in [-0.1, -0.05) is 36.4 Å². The van der Waals surface area contributed by atoms with Gasteiger partial charge in [0.1, 0.15) is 23.7 Å². The lowest BCUT2D eigenvalue weighted by Gasteiger charge is -2.20. The first kappa shape index (κ1) is 25.3. The van der Waals surface area contributed by atoms with E-state index in [9.17, 15) is 19.5 Å². The number of nitrogens with one attached hydrogen (secondary N) is 2. The predicted octanol–water partition coefficient (Wildman–Crippen LogP) is 4.07. The first-order valence-electron chi connectivity index (χ1n) is 10.1. The zero-order chi connectivity index (χ0) is 24.4. The number of carbonyl (C=O) groups is 3. The Kier molecular flexibility index (Phi) is 8.85. The lowest BCUT2D eigenvalue weighted by molar-refractivity contribution is -0.132. The van der Waals surface area contributed by atoms with Crippen molar-refractivity contribution in [2.24, 2.45) is 0 Å². The second kappa shape index (κ2) is 11.6. The lowest BCUT2D eigenvalue weighted by atomic mass is 10.1. The second-order valence-electron chi connectivity index (χ2n) is 7.98. The fourth-order valence-electron chi connectivity index (χ4n) is 2.70. The number of rotatable bonds is 8. The number of hydrogen-bond donors (Lipinski definition) is 3. The van der Waals surface area contributed by atoms with Crippen LogP contribution in [0.5, 0.6) is 5.75 Å². The number of hydrogen-bond acceptors (Lipinski definition) is 6. The van der Waals surface area contributed by atoms with Crippen molar-refractivity contribution in [3.63, 3.8) is 0 Å². The number of aliphatic carboxylic acids is 1. The van der Waals surface area contributed by atoms with Crippen LogP contribution >= 0.6 is 0 Å². The molecule has 0 fully saturated rings. The van der Waals surface area contributed by atoms with Crippen molar-refractivity contribution < 1.29 is 33.7 Å². The Morgan fingerprint density at radius 3 is 2.33 bits per heavy atom. The molecule has 0 aliphatic carbocycles. The topological polar surface area (TPSA) is 123 Å². The van der Waals surface area contributed by atoms with Crippen LogP contribution < -0.4 is 15.4 Å². The summed E-state index contributed by atoms with van der Waals surface area (Å²) in [5.41, 5.74) is 0.816. The van der Waals surface area contributed by atoms with E-state index in [0.717, 1.165) is 5.56 Å². The van der Waals surface area contributed by atoms with Gasteiger partial charge < -0.3 is 24.6 Å². The summed E-state index contributed by atoms with van der Waals surface area (Å²) in [6.07, 6.45) is -0.213. The molecule has 2 aromatic carbocycles. The van der Waals surface area contributed by atoms with Crippen molar-refractivity contribution in [1.82, 2.24) is 10.6 Å². The SMILES string of the molecule is COc1ccc(/C=C(\NC(=O)OCc2ccccc2)C(=O)O)cc1CNC(=O)OC(C)(C)C. The number of carboxylic acid groups (broad SMARTS) is 1. The Morgan fingerprint density at radius 2 is 1.73 bits per heavy atom. The molecular formula is C24H28N2O7. The Labute approximate surface area is 192 Å². The standard InChI is InChI=1S/C24H28N2O7/c1-24(2,3)33-22(29)25-14-18-12-17(10-11-20(18)31-4)13-19(21(27)28)26-23(30)32-15-16-8-6-5-7-9-16/h5-13H,14-15H2,1-4H3,(H,25,29)(H,26,30)(H,27,28)/b19-13-. The average Bonchev–Trinajstić information content (AvgIpc) is 2.75. The predicted molar refractivity (Wildman–Crippen MR) is 121 cm³/mol. The van der Waals surface area contributed by atoms with Gasteiger partial charge >= 0.3 is 18.2 Å². The molecule has 33 heavy (non-hydrogen) atoms. The summed E-state index contributed by atoms with van der Waals surface area (Å²) >= 11 is 0. The summed E-state index contributed by atoms with van der Waals surface area (Å²) in [5, 5.41) is 14.4. The molecule has 0 aromatic heterocycles. The van der Waals surface area contributed by atoms with Gasteiger partial charge in [-0.25, -0.2) is 14.4 Å². The summed E-state index contributed by atoms with van der Waals surface area (Å²) in [6, 6.07) is 13.9. The average molecular weight is 456 g/mol. The lowest BCUT2D eigenvalue weighted by Crippen LogP contribution is -2.32. The summed E-state index contributed by atoms with van der Waals surface area (Å²) in [7, 11) is 1.48. The third-order valence-electron chi connectivity index (χ3n) is 4.12. The van der Waals surface area contributed by atoms with E-state index >= 15 is 0 Å². The minimum atomic E-state index is -1.34. The monoisotopic (exact) mass is 456 g/mol. The molecule has 0 bridgehead atoms. The maximum absolute atomic E-state index is 12.1. The van der Waals surface area contributed by atoms with Crippen LogP contribution in [0, 0.1) is 0 Å². The van der Waals surface area contributed by atoms with Gasteiger partial charge in [0.05, 0.1) is 7.11 Å². The summed E-state index contributed by atoms with van der Waals surface area (Å²) < 4.78 is 15.6. The van der Waals surface area contributed by atoms with Crippen LogP contribution in [0.2, 0.25) is 0 Å². The van der Waals surface area contributed by atoms with E-state index < -0.39 is 23.8 Å². The zero-order valence-electron chi connectivity index (χ0n) is 19.0. The first-order valence-corrected chi connectivity index (χ1v) is 10.1. The highest BCUT2D eigenvalue weighted by Crippen LogP contribution is 2.21. The van der Waals surface area contributed by atoms with Crippen molar-refractivity contribution in [3.8, 4) is 5.75 Å². The molecule has 0 spiro atoms. The fraction of sp³-hybridized carbons (Fsp3) is 0.292. The molecule has 9 nitrogen and oxygen atoms in total. The highest BCUT2D eigenvalue weighted by atomic mass is 16.6. The molecule has 0 saturated carbocycles. The molecule has 0 aliphatic heterocycles. The number of alkyl carbamates (subject to hydrolysis) is 2. The normalized spacial score (nSPS) is 11.3. The van der Waals surface area contributed by atoms with Gasteiger partial charge in [-0.05, 0) is 50.1 Å². The smallest absolute Gasteiger partial charge is 0.412 e. The van der Waals surface area contributed by atoms with Gasteiger partial charge in [-0.3, -0.25) is 5.32 Å².